The summed E-state index contributed by atoms with van der Waals surface area (Å²) in [5, 5.41) is 0. The quantitative estimate of drug-likeness (QED) is 0.629. The van der Waals surface area contributed by atoms with Crippen molar-refractivity contribution in [2.45, 2.75) is 61.3 Å². The van der Waals surface area contributed by atoms with E-state index in [4.69, 9.17) is 0 Å². The zero-order valence-corrected chi connectivity index (χ0v) is 11.6. The van der Waals surface area contributed by atoms with Gasteiger partial charge in [-0.15, -0.1) is 0 Å². The molecule has 0 saturated carbocycles. The van der Waals surface area contributed by atoms with Crippen LogP contribution in [0.1, 0.15) is 58.2 Å². The van der Waals surface area contributed by atoms with Gasteiger partial charge < -0.3 is 0 Å². The van der Waals surface area contributed by atoms with Gasteiger partial charge in [0.25, 0.3) is 0 Å². The first-order valence-electron chi connectivity index (χ1n) is 6.36. The summed E-state index contributed by atoms with van der Waals surface area (Å²) in [6, 6.07) is 6.76. The number of benzene rings is 1. The van der Waals surface area contributed by atoms with Gasteiger partial charge in [-0.1, -0.05) is 59.7 Å². The first-order valence-corrected chi connectivity index (χ1v) is 6.36. The molecule has 0 heteroatoms. The van der Waals surface area contributed by atoms with Gasteiger partial charge in [0.15, 0.2) is 0 Å². The Labute approximate surface area is 96.7 Å². The Bertz CT molecular complexity index is 236. The van der Waals surface area contributed by atoms with Gasteiger partial charge in [-0.2, -0.15) is 0 Å². The zero-order chi connectivity index (χ0) is 12.3. The Balaban J connectivity index is 0. The Morgan fingerprint density at radius 1 is 0.867 bits per heavy atom. The molecular formula is C15H28. The van der Waals surface area contributed by atoms with Crippen LogP contribution in [0.3, 0.4) is 0 Å². The summed E-state index contributed by atoms with van der Waals surface area (Å²) in [4.78, 5) is 0. The van der Waals surface area contributed by atoms with Gasteiger partial charge in [-0.3, -0.25) is 0 Å². The van der Waals surface area contributed by atoms with Gasteiger partial charge in [0.05, 0.1) is 0 Å². The molecule has 0 amide bonds. The van der Waals surface area contributed by atoms with E-state index in [9.17, 15) is 0 Å². The minimum Gasteiger partial charge on any atom is -0.0683 e. The van der Waals surface area contributed by atoms with E-state index in [2.05, 4.69) is 39.0 Å². The Kier molecular flexibility index (Phi) is 12.5. The highest BCUT2D eigenvalue weighted by Crippen LogP contribution is 2.11. The molecule has 15 heavy (non-hydrogen) atoms. The number of rotatable bonds is 2. The lowest BCUT2D eigenvalue weighted by Crippen LogP contribution is -1.88. The lowest BCUT2D eigenvalue weighted by molar-refractivity contribution is 1.07. The molecule has 1 rings (SSSR count). The highest BCUT2D eigenvalue weighted by molar-refractivity contribution is 5.30. The summed E-state index contributed by atoms with van der Waals surface area (Å²) < 4.78 is 0. The highest BCUT2D eigenvalue weighted by atomic mass is 14.0. The summed E-state index contributed by atoms with van der Waals surface area (Å²) in [7, 11) is 0. The maximum atomic E-state index is 2.29. The number of hydrogen-bond donors (Lipinski definition) is 0. The molecule has 0 spiro atoms. The van der Waals surface area contributed by atoms with E-state index in [1.807, 2.05) is 27.7 Å². The third-order valence-electron chi connectivity index (χ3n) is 2.20. The molecule has 1 aromatic carbocycles. The molecule has 0 aliphatic heterocycles. The molecule has 88 valence electrons. The summed E-state index contributed by atoms with van der Waals surface area (Å²) in [6.45, 7) is 14.6. The summed E-state index contributed by atoms with van der Waals surface area (Å²) in [5.41, 5.74) is 4.36. The van der Waals surface area contributed by atoms with Gasteiger partial charge >= 0.3 is 0 Å². The molecule has 0 aliphatic carbocycles. The normalized spacial score (nSPS) is 8.20. The van der Waals surface area contributed by atoms with Crippen molar-refractivity contribution in [3.05, 3.63) is 34.9 Å². The van der Waals surface area contributed by atoms with Crippen molar-refractivity contribution in [1.29, 1.82) is 0 Å². The van der Waals surface area contributed by atoms with Crippen LogP contribution in [0.5, 0.6) is 0 Å². The average Bonchev–Trinajstić information content (AvgIpc) is 2.34. The van der Waals surface area contributed by atoms with Crippen LogP contribution in [-0.2, 0) is 12.8 Å². The predicted molar refractivity (Wildman–Crippen MR) is 72.6 cm³/mol. The maximum Gasteiger partial charge on any atom is -0.0305 e. The van der Waals surface area contributed by atoms with Crippen LogP contribution in [-0.4, -0.2) is 0 Å². The van der Waals surface area contributed by atoms with Crippen LogP contribution >= 0.6 is 0 Å². The summed E-state index contributed by atoms with van der Waals surface area (Å²) in [6.07, 6.45) is 2.29. The Morgan fingerprint density at radius 2 is 1.40 bits per heavy atom. The second kappa shape index (κ2) is 11.3. The fourth-order valence-corrected chi connectivity index (χ4v) is 1.37. The Morgan fingerprint density at radius 3 is 1.73 bits per heavy atom. The predicted octanol–water partition coefficient (Wildman–Crippen LogP) is 5.17. The fraction of sp³-hybridized carbons (Fsp3) is 0.600. The summed E-state index contributed by atoms with van der Waals surface area (Å²) >= 11 is 0. The van der Waals surface area contributed by atoms with Crippen LogP contribution in [0.4, 0.5) is 0 Å². The average molecular weight is 208 g/mol. The molecule has 0 radical (unpaired) electrons. The number of aryl methyl sites for hydroxylation is 3. The third-order valence-corrected chi connectivity index (χ3v) is 2.20. The third kappa shape index (κ3) is 6.33. The van der Waals surface area contributed by atoms with E-state index in [0.717, 1.165) is 12.8 Å². The lowest BCUT2D eigenvalue weighted by Gasteiger charge is -2.04. The van der Waals surface area contributed by atoms with Crippen molar-refractivity contribution in [2.75, 3.05) is 0 Å². The first kappa shape index (κ1) is 16.6. The van der Waals surface area contributed by atoms with Gasteiger partial charge in [0.2, 0.25) is 0 Å². The molecule has 0 bridgehead atoms. The van der Waals surface area contributed by atoms with Crippen molar-refractivity contribution >= 4 is 0 Å². The van der Waals surface area contributed by atoms with Gasteiger partial charge in [0.1, 0.15) is 0 Å². The van der Waals surface area contributed by atoms with E-state index in [1.165, 1.54) is 16.7 Å². The van der Waals surface area contributed by atoms with E-state index in [1.54, 1.807) is 0 Å². The maximum absolute atomic E-state index is 2.29. The first-order chi connectivity index (χ1) is 7.27. The molecular weight excluding hydrogens is 180 g/mol. The standard InChI is InChI=1S/C11H16.2C2H6/c1-4-10-6-7-11(5-2)9(3)8-10;2*1-2/h6-8H,4-5H2,1-3H3;2*1-2H3. The van der Waals surface area contributed by atoms with Gasteiger partial charge in [0, 0.05) is 0 Å². The van der Waals surface area contributed by atoms with Crippen molar-refractivity contribution < 1.29 is 0 Å². The zero-order valence-electron chi connectivity index (χ0n) is 11.6. The van der Waals surface area contributed by atoms with Gasteiger partial charge in [-0.25, -0.2) is 0 Å². The second-order valence-corrected chi connectivity index (χ2v) is 2.97. The van der Waals surface area contributed by atoms with E-state index in [-0.39, 0.29) is 0 Å². The summed E-state index contributed by atoms with van der Waals surface area (Å²) in [5.74, 6) is 0. The van der Waals surface area contributed by atoms with E-state index in [0.29, 0.717) is 0 Å². The largest absolute Gasteiger partial charge is 0.0683 e. The molecule has 0 heterocycles. The van der Waals surface area contributed by atoms with Crippen molar-refractivity contribution in [2.24, 2.45) is 0 Å². The lowest BCUT2D eigenvalue weighted by atomic mass is 10.0. The van der Waals surface area contributed by atoms with E-state index < -0.39 is 0 Å². The van der Waals surface area contributed by atoms with Crippen molar-refractivity contribution in [1.82, 2.24) is 0 Å². The highest BCUT2D eigenvalue weighted by Gasteiger charge is 1.95. The van der Waals surface area contributed by atoms with Crippen LogP contribution in [0, 0.1) is 6.92 Å². The smallest absolute Gasteiger partial charge is 0.0305 e. The molecule has 0 aliphatic rings. The Hall–Kier alpha value is -0.780. The van der Waals surface area contributed by atoms with Crippen LogP contribution < -0.4 is 0 Å². The van der Waals surface area contributed by atoms with Crippen LogP contribution in [0.25, 0.3) is 0 Å². The molecule has 0 N–H and O–H groups in total. The van der Waals surface area contributed by atoms with Gasteiger partial charge in [-0.05, 0) is 36.5 Å². The molecule has 0 atom stereocenters. The molecule has 0 saturated heterocycles. The second-order valence-electron chi connectivity index (χ2n) is 2.97. The van der Waals surface area contributed by atoms with Crippen LogP contribution in [0.15, 0.2) is 18.2 Å². The van der Waals surface area contributed by atoms with E-state index >= 15 is 0 Å². The fourth-order valence-electron chi connectivity index (χ4n) is 1.37. The van der Waals surface area contributed by atoms with Crippen molar-refractivity contribution in [3.63, 3.8) is 0 Å². The minimum atomic E-state index is 1.14. The minimum absolute atomic E-state index is 1.14. The molecule has 0 nitrogen and oxygen atoms in total. The SMILES string of the molecule is CC.CC.CCc1ccc(CC)c(C)c1. The van der Waals surface area contributed by atoms with Crippen molar-refractivity contribution in [3.8, 4) is 0 Å². The monoisotopic (exact) mass is 208 g/mol. The molecule has 0 aromatic heterocycles. The van der Waals surface area contributed by atoms with Crippen LogP contribution in [0.2, 0.25) is 0 Å². The number of hydrogen-bond acceptors (Lipinski definition) is 0. The molecule has 1 aromatic rings. The molecule has 0 unspecified atom stereocenters. The topological polar surface area (TPSA) is 0 Å². The molecule has 0 fully saturated rings.